The number of rotatable bonds is 2. The molecule has 0 bridgehead atoms. The van der Waals surface area contributed by atoms with E-state index in [-0.39, 0.29) is 6.79 Å². The molecule has 148 valence electrons. The van der Waals surface area contributed by atoms with Crippen molar-refractivity contribution in [3.8, 4) is 23.0 Å². The van der Waals surface area contributed by atoms with Gasteiger partial charge in [0.1, 0.15) is 6.54 Å². The molecular weight excluding hydrogens is 358 g/mol. The Morgan fingerprint density at radius 2 is 1.82 bits per heavy atom. The van der Waals surface area contributed by atoms with Crippen LogP contribution in [0.3, 0.4) is 0 Å². The first-order chi connectivity index (χ1) is 13.4. The zero-order chi connectivity index (χ0) is 19.9. The summed E-state index contributed by atoms with van der Waals surface area (Å²) in [6.45, 7) is 3.03. The molecule has 0 amide bonds. The summed E-state index contributed by atoms with van der Waals surface area (Å²) in [6.07, 6.45) is 2.79. The van der Waals surface area contributed by atoms with Crippen molar-refractivity contribution in [2.75, 3.05) is 34.6 Å². The van der Waals surface area contributed by atoms with Crippen molar-refractivity contribution >= 4 is 11.6 Å². The van der Waals surface area contributed by atoms with Gasteiger partial charge < -0.3 is 28.8 Å². The Labute approximate surface area is 165 Å². The molecule has 0 N–H and O–H groups in total. The molecule has 4 rings (SSSR count). The predicted molar refractivity (Wildman–Crippen MR) is 107 cm³/mol. The monoisotopic (exact) mass is 383 g/mol. The lowest BCUT2D eigenvalue weighted by molar-refractivity contribution is -0.874. The molecule has 0 saturated carbocycles. The van der Waals surface area contributed by atoms with Crippen LogP contribution in [0.2, 0.25) is 0 Å². The number of allylic oxidation sites excluding steroid dienone is 1. The van der Waals surface area contributed by atoms with Crippen molar-refractivity contribution in [1.29, 1.82) is 0 Å². The van der Waals surface area contributed by atoms with Gasteiger partial charge in [0.15, 0.2) is 23.0 Å². The van der Waals surface area contributed by atoms with Crippen LogP contribution >= 0.6 is 0 Å². The molecule has 1 atom stereocenters. The van der Waals surface area contributed by atoms with E-state index in [4.69, 9.17) is 18.9 Å². The van der Waals surface area contributed by atoms with Crippen molar-refractivity contribution in [1.82, 2.24) is 0 Å². The summed E-state index contributed by atoms with van der Waals surface area (Å²) in [4.78, 5) is 0. The van der Waals surface area contributed by atoms with Gasteiger partial charge in [-0.3, -0.25) is 0 Å². The Balaban J connectivity index is 1.93. The number of methoxy groups -OCH3 is 2. The number of benzene rings is 2. The minimum Gasteiger partial charge on any atom is -0.633 e. The summed E-state index contributed by atoms with van der Waals surface area (Å²) < 4.78 is 21.8. The summed E-state index contributed by atoms with van der Waals surface area (Å²) in [6, 6.07) is 7.88. The number of likely N-dealkylation sites (N-methyl/N-ethyl adjacent to an activating group) is 1. The van der Waals surface area contributed by atoms with Crippen molar-refractivity contribution in [2.24, 2.45) is 0 Å². The van der Waals surface area contributed by atoms with Crippen LogP contribution in [0, 0.1) is 5.21 Å². The van der Waals surface area contributed by atoms with Gasteiger partial charge in [-0.15, -0.1) is 0 Å². The van der Waals surface area contributed by atoms with E-state index >= 15 is 0 Å². The van der Waals surface area contributed by atoms with Crippen LogP contribution in [-0.4, -0.2) is 39.3 Å². The van der Waals surface area contributed by atoms with E-state index in [1.165, 1.54) is 0 Å². The standard InChI is InChI=1S/C22H25NO5/c1-14-9-16-11-21-20(27-13-28-21)10-15(16)7-8-23(2,24)12-18-17(14)5-6-19(25-3)22(18)26-4/h5-6,9-11H,7-8,12-13H2,1-4H3/b14-9+. The van der Waals surface area contributed by atoms with Crippen molar-refractivity contribution in [3.63, 3.8) is 0 Å². The summed E-state index contributed by atoms with van der Waals surface area (Å²) in [7, 11) is 4.93. The summed E-state index contributed by atoms with van der Waals surface area (Å²) in [5.41, 5.74) is 5.05. The molecule has 0 aliphatic carbocycles. The van der Waals surface area contributed by atoms with Crippen LogP contribution in [0.5, 0.6) is 23.0 Å². The smallest absolute Gasteiger partial charge is 0.231 e. The fraction of sp³-hybridized carbons (Fsp3) is 0.364. The van der Waals surface area contributed by atoms with Crippen LogP contribution in [-0.2, 0) is 13.0 Å². The van der Waals surface area contributed by atoms with Crippen LogP contribution in [0.4, 0.5) is 0 Å². The van der Waals surface area contributed by atoms with Crippen LogP contribution in [0.25, 0.3) is 11.6 Å². The van der Waals surface area contributed by atoms with Crippen molar-refractivity contribution in [3.05, 3.63) is 51.7 Å². The normalized spacial score (nSPS) is 22.5. The average molecular weight is 383 g/mol. The first kappa shape index (κ1) is 18.7. The fourth-order valence-electron chi connectivity index (χ4n) is 3.95. The molecule has 28 heavy (non-hydrogen) atoms. The minimum atomic E-state index is -0.405. The molecule has 6 nitrogen and oxygen atoms in total. The average Bonchev–Trinajstić information content (AvgIpc) is 3.12. The number of ether oxygens (including phenoxy) is 4. The number of hydrogen-bond acceptors (Lipinski definition) is 5. The van der Waals surface area contributed by atoms with Gasteiger partial charge in [0.05, 0.1) is 33.4 Å². The highest BCUT2D eigenvalue weighted by molar-refractivity contribution is 5.84. The molecule has 0 saturated heterocycles. The first-order valence-electron chi connectivity index (χ1n) is 9.32. The van der Waals surface area contributed by atoms with E-state index in [9.17, 15) is 5.21 Å². The van der Waals surface area contributed by atoms with Gasteiger partial charge in [-0.05, 0) is 47.4 Å². The SMILES string of the molecule is COc1ccc2c(c1OC)C[N+](C)([O-])CCc1cc3c(cc1/C=C/2C)OCO3. The van der Waals surface area contributed by atoms with Crippen molar-refractivity contribution < 1.29 is 23.6 Å². The Morgan fingerprint density at radius 1 is 1.07 bits per heavy atom. The highest BCUT2D eigenvalue weighted by Gasteiger charge is 2.25. The molecular formula is C22H25NO5. The third-order valence-electron chi connectivity index (χ3n) is 5.43. The minimum absolute atomic E-state index is 0.232. The molecule has 0 spiro atoms. The maximum atomic E-state index is 13.3. The number of quaternary nitrogens is 1. The Morgan fingerprint density at radius 3 is 2.54 bits per heavy atom. The zero-order valence-electron chi connectivity index (χ0n) is 16.7. The second kappa shape index (κ2) is 7.04. The topological polar surface area (TPSA) is 60.0 Å². The van der Waals surface area contributed by atoms with Gasteiger partial charge in [-0.25, -0.2) is 0 Å². The third-order valence-corrected chi connectivity index (χ3v) is 5.43. The van der Waals surface area contributed by atoms with Crippen LogP contribution < -0.4 is 18.9 Å². The molecule has 2 heterocycles. The number of fused-ring (bicyclic) bond motifs is 3. The highest BCUT2D eigenvalue weighted by atomic mass is 16.7. The number of nitrogens with zero attached hydrogens (tertiary/aromatic N) is 1. The van der Waals surface area contributed by atoms with Crippen LogP contribution in [0.15, 0.2) is 24.3 Å². The molecule has 0 fully saturated rings. The molecule has 2 aromatic carbocycles. The fourth-order valence-corrected chi connectivity index (χ4v) is 3.95. The molecule has 6 heteroatoms. The van der Waals surface area contributed by atoms with Gasteiger partial charge in [-0.2, -0.15) is 0 Å². The molecule has 2 aromatic rings. The lowest BCUT2D eigenvalue weighted by Gasteiger charge is -2.40. The van der Waals surface area contributed by atoms with E-state index in [2.05, 4.69) is 13.0 Å². The zero-order valence-corrected chi connectivity index (χ0v) is 16.7. The summed E-state index contributed by atoms with van der Waals surface area (Å²) in [5, 5.41) is 13.3. The quantitative estimate of drug-likeness (QED) is 0.580. The third kappa shape index (κ3) is 3.30. The molecule has 1 unspecified atom stereocenters. The lowest BCUT2D eigenvalue weighted by Crippen LogP contribution is -2.39. The Kier molecular flexibility index (Phi) is 4.69. The van der Waals surface area contributed by atoms with Crippen molar-refractivity contribution in [2.45, 2.75) is 19.9 Å². The van der Waals surface area contributed by atoms with Gasteiger partial charge >= 0.3 is 0 Å². The van der Waals surface area contributed by atoms with E-state index in [1.807, 2.05) is 24.3 Å². The van der Waals surface area contributed by atoms with Gasteiger partial charge in [0.2, 0.25) is 6.79 Å². The second-order valence-electron chi connectivity index (χ2n) is 7.49. The Bertz CT molecular complexity index is 948. The van der Waals surface area contributed by atoms with Gasteiger partial charge in [0.25, 0.3) is 0 Å². The Hall–Kier alpha value is -2.70. The number of hydrogen-bond donors (Lipinski definition) is 0. The van der Waals surface area contributed by atoms with E-state index in [1.54, 1.807) is 21.3 Å². The molecule has 2 aliphatic heterocycles. The molecule has 0 radical (unpaired) electrons. The lowest BCUT2D eigenvalue weighted by atomic mass is 9.93. The number of hydroxylamine groups is 3. The maximum absolute atomic E-state index is 13.3. The second-order valence-corrected chi connectivity index (χ2v) is 7.49. The van der Waals surface area contributed by atoms with E-state index < -0.39 is 4.65 Å². The maximum Gasteiger partial charge on any atom is 0.231 e. The summed E-state index contributed by atoms with van der Waals surface area (Å²) in [5.74, 6) is 2.75. The van der Waals surface area contributed by atoms with Crippen LogP contribution in [0.1, 0.15) is 29.2 Å². The summed E-state index contributed by atoms with van der Waals surface area (Å²) >= 11 is 0. The van der Waals surface area contributed by atoms with E-state index in [0.717, 1.165) is 39.3 Å². The first-order valence-corrected chi connectivity index (χ1v) is 9.32. The molecule has 2 aliphatic rings. The van der Waals surface area contributed by atoms with E-state index in [0.29, 0.717) is 31.0 Å². The largest absolute Gasteiger partial charge is 0.633 e. The van der Waals surface area contributed by atoms with Gasteiger partial charge in [0, 0.05) is 6.42 Å². The highest BCUT2D eigenvalue weighted by Crippen LogP contribution is 2.41. The van der Waals surface area contributed by atoms with Gasteiger partial charge in [-0.1, -0.05) is 12.1 Å². The predicted octanol–water partition coefficient (Wildman–Crippen LogP) is 3.99. The molecule has 0 aromatic heterocycles.